The molecule has 0 aliphatic heterocycles. The van der Waals surface area contributed by atoms with Gasteiger partial charge in [-0.25, -0.2) is 4.98 Å². The van der Waals surface area contributed by atoms with Crippen LogP contribution in [0.25, 0.3) is 27.6 Å². The fourth-order valence-electron chi connectivity index (χ4n) is 2.55. The van der Waals surface area contributed by atoms with Crippen molar-refractivity contribution in [2.45, 2.75) is 0 Å². The summed E-state index contributed by atoms with van der Waals surface area (Å²) >= 11 is 0. The minimum atomic E-state index is 0.794. The van der Waals surface area contributed by atoms with E-state index in [1.165, 1.54) is 11.0 Å². The number of rotatable bonds is 0. The van der Waals surface area contributed by atoms with Crippen molar-refractivity contribution in [3.63, 3.8) is 0 Å². The van der Waals surface area contributed by atoms with Gasteiger partial charge in [-0.05, 0) is 36.4 Å². The van der Waals surface area contributed by atoms with E-state index < -0.39 is 0 Å². The molecule has 2 aromatic heterocycles. The van der Waals surface area contributed by atoms with Crippen LogP contribution < -0.4 is 10.1 Å². The summed E-state index contributed by atoms with van der Waals surface area (Å²) in [6, 6.07) is 18.5. The van der Waals surface area contributed by atoms with Gasteiger partial charge in [-0.15, -0.1) is 0 Å². The first kappa shape index (κ1) is 9.48. The van der Waals surface area contributed by atoms with Crippen molar-refractivity contribution < 1.29 is 4.40 Å². The molecule has 0 saturated heterocycles. The van der Waals surface area contributed by atoms with Crippen LogP contribution in [0.5, 0.6) is 0 Å². The molecule has 2 heterocycles. The molecular weight excluding hydrogens is 222 g/mol. The van der Waals surface area contributed by atoms with E-state index in [0.717, 1.165) is 22.2 Å². The summed E-state index contributed by atoms with van der Waals surface area (Å²) in [5.41, 5.74) is 11.2. The SMILES string of the molecule is Nc1ccc2c(ccc3[nH]c4ccccc4[n+]32)c1. The minimum Gasteiger partial charge on any atom is -0.399 e. The molecular formula is C15H12N3+. The smallest absolute Gasteiger partial charge is 0.285 e. The van der Waals surface area contributed by atoms with Gasteiger partial charge in [0.15, 0.2) is 11.0 Å². The fraction of sp³-hybridized carbons (Fsp3) is 0. The van der Waals surface area contributed by atoms with Gasteiger partial charge in [0.05, 0.1) is 0 Å². The Labute approximate surface area is 103 Å². The zero-order chi connectivity index (χ0) is 12.1. The van der Waals surface area contributed by atoms with Gasteiger partial charge in [0, 0.05) is 17.1 Å². The van der Waals surface area contributed by atoms with Crippen LogP contribution in [-0.4, -0.2) is 4.98 Å². The quantitative estimate of drug-likeness (QED) is 0.356. The number of hydrogen-bond acceptors (Lipinski definition) is 1. The highest BCUT2D eigenvalue weighted by Gasteiger charge is 2.13. The third-order valence-corrected chi connectivity index (χ3v) is 3.36. The second kappa shape index (κ2) is 3.23. The van der Waals surface area contributed by atoms with Gasteiger partial charge in [-0.1, -0.05) is 12.1 Å². The van der Waals surface area contributed by atoms with Crippen LogP contribution in [0.3, 0.4) is 0 Å². The van der Waals surface area contributed by atoms with E-state index in [4.69, 9.17) is 5.73 Å². The molecule has 0 bridgehead atoms. The number of nitrogen functional groups attached to an aromatic ring is 1. The van der Waals surface area contributed by atoms with Crippen LogP contribution in [0.4, 0.5) is 5.69 Å². The lowest BCUT2D eigenvalue weighted by Gasteiger charge is -1.98. The number of aromatic nitrogens is 2. The molecule has 86 valence electrons. The lowest BCUT2D eigenvalue weighted by molar-refractivity contribution is -0.449. The Bertz CT molecular complexity index is 890. The van der Waals surface area contributed by atoms with E-state index >= 15 is 0 Å². The number of benzene rings is 2. The number of nitrogens with zero attached hydrogens (tertiary/aromatic N) is 1. The Kier molecular flexibility index (Phi) is 1.70. The Balaban J connectivity index is 2.32. The third-order valence-electron chi connectivity index (χ3n) is 3.36. The van der Waals surface area contributed by atoms with Gasteiger partial charge in [-0.3, -0.25) is 0 Å². The second-order valence-electron chi connectivity index (χ2n) is 4.51. The molecule has 0 aliphatic rings. The molecule has 4 rings (SSSR count). The van der Waals surface area contributed by atoms with E-state index in [-0.39, 0.29) is 0 Å². The van der Waals surface area contributed by atoms with Crippen molar-refractivity contribution in [1.82, 2.24) is 4.98 Å². The molecule has 4 aromatic rings. The van der Waals surface area contributed by atoms with Gasteiger partial charge in [-0.2, -0.15) is 4.40 Å². The Morgan fingerprint density at radius 2 is 1.78 bits per heavy atom. The minimum absolute atomic E-state index is 0.794. The maximum atomic E-state index is 5.84. The predicted octanol–water partition coefficient (Wildman–Crippen LogP) is 2.64. The molecule has 0 radical (unpaired) electrons. The number of H-pyrrole nitrogens is 1. The number of pyridine rings is 1. The summed E-state index contributed by atoms with van der Waals surface area (Å²) in [6.45, 7) is 0. The summed E-state index contributed by atoms with van der Waals surface area (Å²) in [5, 5.41) is 1.15. The molecule has 0 amide bonds. The fourth-order valence-corrected chi connectivity index (χ4v) is 2.55. The highest BCUT2D eigenvalue weighted by molar-refractivity contribution is 5.84. The van der Waals surface area contributed by atoms with Crippen molar-refractivity contribution in [2.24, 2.45) is 0 Å². The number of nitrogens with one attached hydrogen (secondary N) is 1. The number of para-hydroxylation sites is 2. The molecule has 0 saturated carbocycles. The highest BCUT2D eigenvalue weighted by Crippen LogP contribution is 2.18. The summed E-state index contributed by atoms with van der Waals surface area (Å²) in [5.74, 6) is 0. The van der Waals surface area contributed by atoms with Gasteiger partial charge in [0.2, 0.25) is 0 Å². The average molecular weight is 234 g/mol. The van der Waals surface area contributed by atoms with Crippen LogP contribution >= 0.6 is 0 Å². The highest BCUT2D eigenvalue weighted by atomic mass is 15.0. The molecule has 3 N–H and O–H groups in total. The Morgan fingerprint density at radius 3 is 2.72 bits per heavy atom. The first-order chi connectivity index (χ1) is 8.83. The second-order valence-corrected chi connectivity index (χ2v) is 4.51. The number of aromatic amines is 1. The molecule has 3 heteroatoms. The van der Waals surface area contributed by atoms with Crippen LogP contribution in [0.2, 0.25) is 0 Å². The monoisotopic (exact) mass is 234 g/mol. The van der Waals surface area contributed by atoms with Crippen LogP contribution in [0.15, 0.2) is 54.6 Å². The summed E-state index contributed by atoms with van der Waals surface area (Å²) in [4.78, 5) is 3.42. The summed E-state index contributed by atoms with van der Waals surface area (Å²) in [7, 11) is 0. The number of hydrogen-bond donors (Lipinski definition) is 2. The number of anilines is 1. The lowest BCUT2D eigenvalue weighted by atomic mass is 10.2. The van der Waals surface area contributed by atoms with Gasteiger partial charge in [0.1, 0.15) is 5.52 Å². The number of fused-ring (bicyclic) bond motifs is 5. The van der Waals surface area contributed by atoms with Crippen molar-refractivity contribution in [2.75, 3.05) is 5.73 Å². The molecule has 0 unspecified atom stereocenters. The van der Waals surface area contributed by atoms with E-state index in [0.29, 0.717) is 0 Å². The zero-order valence-electron chi connectivity index (χ0n) is 9.72. The van der Waals surface area contributed by atoms with E-state index in [1.807, 2.05) is 18.2 Å². The first-order valence-electron chi connectivity index (χ1n) is 5.94. The molecule has 0 atom stereocenters. The lowest BCUT2D eigenvalue weighted by Crippen LogP contribution is -2.20. The van der Waals surface area contributed by atoms with Crippen LogP contribution in [0, 0.1) is 0 Å². The number of nitrogens with two attached hydrogens (primary N) is 1. The summed E-state index contributed by atoms with van der Waals surface area (Å²) in [6.07, 6.45) is 0. The summed E-state index contributed by atoms with van der Waals surface area (Å²) < 4.78 is 2.23. The zero-order valence-corrected chi connectivity index (χ0v) is 9.72. The van der Waals surface area contributed by atoms with Crippen molar-refractivity contribution in [1.29, 1.82) is 0 Å². The van der Waals surface area contributed by atoms with E-state index in [9.17, 15) is 0 Å². The van der Waals surface area contributed by atoms with Crippen molar-refractivity contribution in [3.8, 4) is 0 Å². The first-order valence-corrected chi connectivity index (χ1v) is 5.94. The standard InChI is InChI=1S/C15H11N3/c16-11-6-7-13-10(9-11)5-8-15-17-12-3-1-2-4-14(12)18(13)15/h1-9H,16H2/p+1. The van der Waals surface area contributed by atoms with Gasteiger partial charge >= 0.3 is 0 Å². The normalized spacial score (nSPS) is 11.6. The maximum Gasteiger partial charge on any atom is 0.285 e. The Hall–Kier alpha value is -2.55. The number of imidazole rings is 1. The van der Waals surface area contributed by atoms with Crippen molar-refractivity contribution in [3.05, 3.63) is 54.6 Å². The maximum absolute atomic E-state index is 5.84. The van der Waals surface area contributed by atoms with Crippen molar-refractivity contribution >= 4 is 33.3 Å². The molecule has 2 aromatic carbocycles. The van der Waals surface area contributed by atoms with Gasteiger partial charge < -0.3 is 5.73 Å². The molecule has 0 spiro atoms. The van der Waals surface area contributed by atoms with Crippen LogP contribution in [-0.2, 0) is 0 Å². The van der Waals surface area contributed by atoms with Gasteiger partial charge in [0.25, 0.3) is 5.65 Å². The molecule has 0 fully saturated rings. The molecule has 0 aliphatic carbocycles. The topological polar surface area (TPSA) is 45.9 Å². The molecule has 3 nitrogen and oxygen atoms in total. The predicted molar refractivity (Wildman–Crippen MR) is 73.4 cm³/mol. The largest absolute Gasteiger partial charge is 0.399 e. The Morgan fingerprint density at radius 1 is 0.889 bits per heavy atom. The van der Waals surface area contributed by atoms with Crippen LogP contribution in [0.1, 0.15) is 0 Å². The van der Waals surface area contributed by atoms with E-state index in [2.05, 4.69) is 45.8 Å². The van der Waals surface area contributed by atoms with E-state index in [1.54, 1.807) is 0 Å². The average Bonchev–Trinajstić information content (AvgIpc) is 2.77. The third kappa shape index (κ3) is 1.16. The molecule has 18 heavy (non-hydrogen) atoms.